The SMILES string of the molecule is Cc1ccc(NCC(=O)Nc2ccc(C#N)c(Cl)c2)c(C)c1. The van der Waals surface area contributed by atoms with E-state index in [-0.39, 0.29) is 12.5 Å². The van der Waals surface area contributed by atoms with E-state index in [1.807, 2.05) is 32.0 Å². The highest BCUT2D eigenvalue weighted by molar-refractivity contribution is 6.32. The van der Waals surface area contributed by atoms with Crippen LogP contribution in [0.1, 0.15) is 16.7 Å². The average Bonchev–Trinajstić information content (AvgIpc) is 2.46. The number of hydrogen-bond acceptors (Lipinski definition) is 3. The summed E-state index contributed by atoms with van der Waals surface area (Å²) in [6.07, 6.45) is 0. The number of anilines is 2. The molecule has 2 N–H and O–H groups in total. The Bertz CT molecular complexity index is 750. The van der Waals surface area contributed by atoms with Crippen LogP contribution in [0.15, 0.2) is 36.4 Å². The van der Waals surface area contributed by atoms with Crippen molar-refractivity contribution in [1.29, 1.82) is 5.26 Å². The first-order valence-corrected chi connectivity index (χ1v) is 7.18. The van der Waals surface area contributed by atoms with Crippen molar-refractivity contribution < 1.29 is 4.79 Å². The lowest BCUT2D eigenvalue weighted by Gasteiger charge is -2.11. The van der Waals surface area contributed by atoms with E-state index in [1.165, 1.54) is 5.56 Å². The number of halogens is 1. The number of nitriles is 1. The molecule has 0 spiro atoms. The Morgan fingerprint density at radius 1 is 1.23 bits per heavy atom. The predicted molar refractivity (Wildman–Crippen MR) is 89.2 cm³/mol. The molecular formula is C17H16ClN3O. The van der Waals surface area contributed by atoms with Crippen molar-refractivity contribution in [2.45, 2.75) is 13.8 Å². The molecule has 0 bridgehead atoms. The monoisotopic (exact) mass is 313 g/mol. The second kappa shape index (κ2) is 6.97. The van der Waals surface area contributed by atoms with Crippen molar-refractivity contribution in [3.63, 3.8) is 0 Å². The van der Waals surface area contributed by atoms with E-state index in [4.69, 9.17) is 16.9 Å². The zero-order chi connectivity index (χ0) is 16.1. The van der Waals surface area contributed by atoms with Crippen molar-refractivity contribution in [2.24, 2.45) is 0 Å². The van der Waals surface area contributed by atoms with E-state index >= 15 is 0 Å². The molecule has 0 radical (unpaired) electrons. The first kappa shape index (κ1) is 15.9. The minimum atomic E-state index is -0.180. The summed E-state index contributed by atoms with van der Waals surface area (Å²) >= 11 is 5.93. The van der Waals surface area contributed by atoms with Gasteiger partial charge in [0.25, 0.3) is 0 Å². The van der Waals surface area contributed by atoms with Crippen molar-refractivity contribution in [1.82, 2.24) is 0 Å². The van der Waals surface area contributed by atoms with Gasteiger partial charge in [-0.3, -0.25) is 4.79 Å². The van der Waals surface area contributed by atoms with Gasteiger partial charge < -0.3 is 10.6 Å². The molecule has 0 aliphatic carbocycles. The van der Waals surface area contributed by atoms with Crippen LogP contribution in [0.4, 0.5) is 11.4 Å². The van der Waals surface area contributed by atoms with Crippen molar-refractivity contribution in [2.75, 3.05) is 17.2 Å². The first-order chi connectivity index (χ1) is 10.5. The third-order valence-corrected chi connectivity index (χ3v) is 3.51. The van der Waals surface area contributed by atoms with Crippen molar-refractivity contribution in [3.8, 4) is 6.07 Å². The number of aryl methyl sites for hydroxylation is 2. The lowest BCUT2D eigenvalue weighted by molar-refractivity contribution is -0.114. The minimum absolute atomic E-state index is 0.154. The van der Waals surface area contributed by atoms with Gasteiger partial charge in [-0.05, 0) is 43.7 Å². The zero-order valence-electron chi connectivity index (χ0n) is 12.4. The second-order valence-electron chi connectivity index (χ2n) is 5.03. The maximum absolute atomic E-state index is 11.9. The molecule has 2 rings (SSSR count). The smallest absolute Gasteiger partial charge is 0.243 e. The van der Waals surface area contributed by atoms with Crippen LogP contribution in [-0.4, -0.2) is 12.5 Å². The zero-order valence-corrected chi connectivity index (χ0v) is 13.2. The molecule has 0 saturated heterocycles. The molecule has 0 aliphatic heterocycles. The van der Waals surface area contributed by atoms with Gasteiger partial charge in [0.1, 0.15) is 6.07 Å². The fourth-order valence-corrected chi connectivity index (χ4v) is 2.30. The van der Waals surface area contributed by atoms with Crippen LogP contribution in [0.25, 0.3) is 0 Å². The maximum atomic E-state index is 11.9. The van der Waals surface area contributed by atoms with E-state index in [0.29, 0.717) is 16.3 Å². The summed E-state index contributed by atoms with van der Waals surface area (Å²) in [6, 6.07) is 12.8. The topological polar surface area (TPSA) is 64.9 Å². The molecule has 0 heterocycles. The molecule has 2 aromatic carbocycles. The van der Waals surface area contributed by atoms with E-state index < -0.39 is 0 Å². The molecule has 0 saturated carbocycles. The van der Waals surface area contributed by atoms with Gasteiger partial charge in [-0.1, -0.05) is 29.3 Å². The molecule has 1 amide bonds. The lowest BCUT2D eigenvalue weighted by atomic mass is 10.1. The summed E-state index contributed by atoms with van der Waals surface area (Å²) < 4.78 is 0. The predicted octanol–water partition coefficient (Wildman–Crippen LogP) is 3.88. The van der Waals surface area contributed by atoms with Gasteiger partial charge in [-0.25, -0.2) is 0 Å². The third kappa shape index (κ3) is 4.00. The quantitative estimate of drug-likeness (QED) is 0.900. The van der Waals surface area contributed by atoms with Crippen molar-refractivity contribution >= 4 is 28.9 Å². The molecule has 0 unspecified atom stereocenters. The Morgan fingerprint density at radius 2 is 2.00 bits per heavy atom. The van der Waals surface area contributed by atoms with Crippen LogP contribution < -0.4 is 10.6 Å². The molecule has 0 fully saturated rings. The van der Waals surface area contributed by atoms with Gasteiger partial charge in [0.2, 0.25) is 5.91 Å². The molecular weight excluding hydrogens is 298 g/mol. The third-order valence-electron chi connectivity index (χ3n) is 3.19. The summed E-state index contributed by atoms with van der Waals surface area (Å²) in [6.45, 7) is 4.17. The van der Waals surface area contributed by atoms with Gasteiger partial charge >= 0.3 is 0 Å². The molecule has 5 heteroatoms. The number of carbonyl (C=O) groups is 1. The summed E-state index contributed by atoms with van der Waals surface area (Å²) in [5.74, 6) is -0.180. The van der Waals surface area contributed by atoms with Crippen LogP contribution in [0, 0.1) is 25.2 Å². The number of benzene rings is 2. The Hall–Kier alpha value is -2.51. The van der Waals surface area contributed by atoms with Crippen molar-refractivity contribution in [3.05, 3.63) is 58.1 Å². The lowest BCUT2D eigenvalue weighted by Crippen LogP contribution is -2.22. The number of carbonyl (C=O) groups excluding carboxylic acids is 1. The fraction of sp³-hybridized carbons (Fsp3) is 0.176. The standard InChI is InChI=1S/C17H16ClN3O/c1-11-3-6-16(12(2)7-11)20-10-17(22)21-14-5-4-13(9-19)15(18)8-14/h3-8,20H,10H2,1-2H3,(H,21,22). The van der Waals surface area contributed by atoms with Gasteiger partial charge in [-0.2, -0.15) is 5.26 Å². The average molecular weight is 314 g/mol. The van der Waals surface area contributed by atoms with Crippen LogP contribution in [0.3, 0.4) is 0 Å². The van der Waals surface area contributed by atoms with E-state index in [1.54, 1.807) is 18.2 Å². The van der Waals surface area contributed by atoms with Crippen LogP contribution >= 0.6 is 11.6 Å². The highest BCUT2D eigenvalue weighted by Crippen LogP contribution is 2.20. The summed E-state index contributed by atoms with van der Waals surface area (Å²) in [4.78, 5) is 11.9. The fourth-order valence-electron chi connectivity index (χ4n) is 2.08. The Kier molecular flexibility index (Phi) is 5.03. The summed E-state index contributed by atoms with van der Waals surface area (Å²) in [5, 5.41) is 15.0. The molecule has 4 nitrogen and oxygen atoms in total. The molecule has 112 valence electrons. The molecule has 0 aliphatic rings. The Labute approximate surface area is 134 Å². The van der Waals surface area contributed by atoms with Crippen LogP contribution in [0.2, 0.25) is 5.02 Å². The number of rotatable bonds is 4. The molecule has 22 heavy (non-hydrogen) atoms. The summed E-state index contributed by atoms with van der Waals surface area (Å²) in [5.41, 5.74) is 4.15. The van der Waals surface area contributed by atoms with E-state index in [0.717, 1.165) is 11.3 Å². The number of amides is 1. The molecule has 2 aromatic rings. The normalized spacial score (nSPS) is 9.91. The highest BCUT2D eigenvalue weighted by Gasteiger charge is 2.06. The van der Waals surface area contributed by atoms with Gasteiger partial charge in [0.15, 0.2) is 0 Å². The maximum Gasteiger partial charge on any atom is 0.243 e. The Balaban J connectivity index is 1.96. The number of hydrogen-bond donors (Lipinski definition) is 2. The van der Waals surface area contributed by atoms with E-state index in [2.05, 4.69) is 16.7 Å². The van der Waals surface area contributed by atoms with Gasteiger partial charge in [-0.15, -0.1) is 0 Å². The van der Waals surface area contributed by atoms with Crippen LogP contribution in [0.5, 0.6) is 0 Å². The van der Waals surface area contributed by atoms with Crippen LogP contribution in [-0.2, 0) is 4.79 Å². The number of nitrogens with one attached hydrogen (secondary N) is 2. The number of nitrogens with zero attached hydrogens (tertiary/aromatic N) is 1. The molecule has 0 atom stereocenters. The summed E-state index contributed by atoms with van der Waals surface area (Å²) in [7, 11) is 0. The van der Waals surface area contributed by atoms with Gasteiger partial charge in [0, 0.05) is 11.4 Å². The minimum Gasteiger partial charge on any atom is -0.376 e. The van der Waals surface area contributed by atoms with E-state index in [9.17, 15) is 4.79 Å². The highest BCUT2D eigenvalue weighted by atomic mass is 35.5. The molecule has 0 aromatic heterocycles. The van der Waals surface area contributed by atoms with Gasteiger partial charge in [0.05, 0.1) is 17.1 Å². The first-order valence-electron chi connectivity index (χ1n) is 6.80. The Morgan fingerprint density at radius 3 is 2.64 bits per heavy atom. The largest absolute Gasteiger partial charge is 0.376 e. The second-order valence-corrected chi connectivity index (χ2v) is 5.43.